The number of aromatic nitrogens is 1. The smallest absolute Gasteiger partial charge is 0.222 e. The number of anilines is 1. The van der Waals surface area contributed by atoms with Crippen LogP contribution < -0.4 is 5.32 Å². The summed E-state index contributed by atoms with van der Waals surface area (Å²) in [6, 6.07) is 14.6. The maximum Gasteiger partial charge on any atom is 0.222 e. The first kappa shape index (κ1) is 15.5. The summed E-state index contributed by atoms with van der Waals surface area (Å²) in [7, 11) is 0. The zero-order chi connectivity index (χ0) is 15.9. The molecule has 4 nitrogen and oxygen atoms in total. The number of benzene rings is 1. The zero-order valence-electron chi connectivity index (χ0n) is 13.3. The number of amides is 1. The molecule has 1 saturated heterocycles. The Labute approximate surface area is 137 Å². The maximum absolute atomic E-state index is 12.3. The maximum atomic E-state index is 12.3. The molecule has 0 saturated carbocycles. The van der Waals surface area contributed by atoms with Gasteiger partial charge in [0.05, 0.1) is 5.69 Å². The Morgan fingerprint density at radius 1 is 1.22 bits per heavy atom. The lowest BCUT2D eigenvalue weighted by atomic mass is 10.1. The van der Waals surface area contributed by atoms with Crippen molar-refractivity contribution >= 4 is 11.6 Å². The number of aryl methyl sites for hydroxylation is 1. The van der Waals surface area contributed by atoms with E-state index in [-0.39, 0.29) is 5.91 Å². The minimum Gasteiger partial charge on any atom is -0.379 e. The van der Waals surface area contributed by atoms with Crippen molar-refractivity contribution in [2.24, 2.45) is 0 Å². The Kier molecular flexibility index (Phi) is 5.25. The molecule has 4 heteroatoms. The highest BCUT2D eigenvalue weighted by atomic mass is 16.2. The molecular formula is C19H23N3O. The normalized spacial score (nSPS) is 17.2. The number of pyridine rings is 1. The van der Waals surface area contributed by atoms with E-state index in [1.807, 2.05) is 41.4 Å². The molecule has 2 heterocycles. The highest BCUT2D eigenvalue weighted by Gasteiger charge is 2.25. The number of carbonyl (C=O) groups excluding carboxylic acids is 1. The van der Waals surface area contributed by atoms with Crippen LogP contribution in [-0.4, -0.2) is 34.9 Å². The van der Waals surface area contributed by atoms with E-state index in [0.717, 1.165) is 38.0 Å². The van der Waals surface area contributed by atoms with Crippen molar-refractivity contribution in [3.63, 3.8) is 0 Å². The third kappa shape index (κ3) is 4.55. The first-order valence-electron chi connectivity index (χ1n) is 8.29. The summed E-state index contributed by atoms with van der Waals surface area (Å²) in [5.41, 5.74) is 2.33. The number of rotatable bonds is 6. The van der Waals surface area contributed by atoms with Crippen molar-refractivity contribution in [1.29, 1.82) is 0 Å². The van der Waals surface area contributed by atoms with Gasteiger partial charge in [-0.2, -0.15) is 0 Å². The fraction of sp³-hybridized carbons (Fsp3) is 0.368. The van der Waals surface area contributed by atoms with E-state index >= 15 is 0 Å². The average Bonchev–Trinajstić information content (AvgIpc) is 3.05. The van der Waals surface area contributed by atoms with Gasteiger partial charge in [-0.25, -0.2) is 0 Å². The van der Waals surface area contributed by atoms with Crippen molar-refractivity contribution in [2.45, 2.75) is 31.7 Å². The highest BCUT2D eigenvalue weighted by molar-refractivity contribution is 5.76. The lowest BCUT2D eigenvalue weighted by molar-refractivity contribution is -0.130. The second-order valence-electron chi connectivity index (χ2n) is 6.05. The van der Waals surface area contributed by atoms with Crippen molar-refractivity contribution in [2.75, 3.05) is 18.4 Å². The first-order chi connectivity index (χ1) is 11.3. The van der Waals surface area contributed by atoms with Gasteiger partial charge in [-0.1, -0.05) is 30.3 Å². The van der Waals surface area contributed by atoms with Crippen molar-refractivity contribution in [3.8, 4) is 0 Å². The Balaban J connectivity index is 1.41. The zero-order valence-corrected chi connectivity index (χ0v) is 13.3. The van der Waals surface area contributed by atoms with Crippen LogP contribution in [0.1, 0.15) is 24.8 Å². The predicted molar refractivity (Wildman–Crippen MR) is 92.2 cm³/mol. The molecule has 0 unspecified atom stereocenters. The fourth-order valence-electron chi connectivity index (χ4n) is 3.03. The molecule has 1 N–H and O–H groups in total. The molecular weight excluding hydrogens is 286 g/mol. The van der Waals surface area contributed by atoms with Gasteiger partial charge < -0.3 is 10.2 Å². The molecule has 3 rings (SSSR count). The molecule has 1 amide bonds. The van der Waals surface area contributed by atoms with Gasteiger partial charge in [0.25, 0.3) is 0 Å². The molecule has 1 aliphatic rings. The van der Waals surface area contributed by atoms with Crippen LogP contribution in [0.2, 0.25) is 0 Å². The summed E-state index contributed by atoms with van der Waals surface area (Å²) >= 11 is 0. The van der Waals surface area contributed by atoms with Crippen molar-refractivity contribution in [1.82, 2.24) is 9.88 Å². The number of carbonyl (C=O) groups is 1. The average molecular weight is 309 g/mol. The number of nitrogens with zero attached hydrogens (tertiary/aromatic N) is 2. The van der Waals surface area contributed by atoms with Gasteiger partial charge in [0.1, 0.15) is 0 Å². The van der Waals surface area contributed by atoms with Crippen LogP contribution in [0.4, 0.5) is 5.69 Å². The van der Waals surface area contributed by atoms with E-state index < -0.39 is 0 Å². The van der Waals surface area contributed by atoms with Crippen LogP contribution in [-0.2, 0) is 11.2 Å². The number of likely N-dealkylation sites (tertiary alicyclic amines) is 1. The quantitative estimate of drug-likeness (QED) is 0.892. The minimum atomic E-state index is 0.274. The van der Waals surface area contributed by atoms with E-state index in [9.17, 15) is 4.79 Å². The summed E-state index contributed by atoms with van der Waals surface area (Å²) in [4.78, 5) is 18.4. The van der Waals surface area contributed by atoms with Crippen molar-refractivity contribution < 1.29 is 4.79 Å². The molecule has 1 aliphatic heterocycles. The predicted octanol–water partition coefficient (Wildman–Crippen LogP) is 3.12. The van der Waals surface area contributed by atoms with Gasteiger partial charge in [-0.15, -0.1) is 0 Å². The highest BCUT2D eigenvalue weighted by Crippen LogP contribution is 2.16. The second kappa shape index (κ2) is 7.77. The van der Waals surface area contributed by atoms with Gasteiger partial charge >= 0.3 is 0 Å². The van der Waals surface area contributed by atoms with E-state index in [1.54, 1.807) is 6.20 Å². The number of hydrogen-bond donors (Lipinski definition) is 1. The van der Waals surface area contributed by atoms with E-state index in [1.165, 1.54) is 5.56 Å². The molecule has 0 radical (unpaired) electrons. The molecule has 1 fully saturated rings. The molecule has 120 valence electrons. The monoisotopic (exact) mass is 309 g/mol. The summed E-state index contributed by atoms with van der Waals surface area (Å²) in [5.74, 6) is 0.274. The lowest BCUT2D eigenvalue weighted by Crippen LogP contribution is -2.31. The molecule has 1 atom stereocenters. The topological polar surface area (TPSA) is 45.2 Å². The Hall–Kier alpha value is -2.36. The van der Waals surface area contributed by atoms with Crippen LogP contribution in [0.5, 0.6) is 0 Å². The van der Waals surface area contributed by atoms with E-state index in [0.29, 0.717) is 12.5 Å². The molecule has 0 aliphatic carbocycles. The molecule has 1 aromatic heterocycles. The Morgan fingerprint density at radius 2 is 2.09 bits per heavy atom. The molecule has 0 spiro atoms. The van der Waals surface area contributed by atoms with Gasteiger partial charge in [0.2, 0.25) is 5.91 Å². The summed E-state index contributed by atoms with van der Waals surface area (Å²) in [6.45, 7) is 1.64. The van der Waals surface area contributed by atoms with Crippen LogP contribution in [0.3, 0.4) is 0 Å². The molecule has 23 heavy (non-hydrogen) atoms. The standard InChI is InChI=1S/C19H23N3O/c23-19(10-4-8-16-6-2-1-3-7-16)22-13-11-18(15-22)21-17-9-5-12-20-14-17/h1-3,5-7,9,12,14,18,21H,4,8,10-11,13,15H2/t18-/m0/s1. The molecule has 1 aromatic carbocycles. The van der Waals surface area contributed by atoms with Crippen LogP contribution in [0.25, 0.3) is 0 Å². The van der Waals surface area contributed by atoms with E-state index in [4.69, 9.17) is 0 Å². The summed E-state index contributed by atoms with van der Waals surface area (Å²) in [6.07, 6.45) is 7.11. The van der Waals surface area contributed by atoms with Crippen molar-refractivity contribution in [3.05, 3.63) is 60.4 Å². The largest absolute Gasteiger partial charge is 0.379 e. The van der Waals surface area contributed by atoms with Gasteiger partial charge in [0.15, 0.2) is 0 Å². The first-order valence-corrected chi connectivity index (χ1v) is 8.29. The number of nitrogens with one attached hydrogen (secondary N) is 1. The Bertz CT molecular complexity index is 615. The third-order valence-electron chi connectivity index (χ3n) is 4.27. The third-order valence-corrected chi connectivity index (χ3v) is 4.27. The van der Waals surface area contributed by atoms with Gasteiger partial charge in [-0.05, 0) is 37.0 Å². The second-order valence-corrected chi connectivity index (χ2v) is 6.05. The lowest BCUT2D eigenvalue weighted by Gasteiger charge is -2.17. The van der Waals surface area contributed by atoms with Gasteiger partial charge in [0, 0.05) is 37.9 Å². The SMILES string of the molecule is O=C(CCCc1ccccc1)N1CC[C@H](Nc2cccnc2)C1. The number of hydrogen-bond acceptors (Lipinski definition) is 3. The van der Waals surface area contributed by atoms with Crippen LogP contribution >= 0.6 is 0 Å². The van der Waals surface area contributed by atoms with Crippen LogP contribution in [0, 0.1) is 0 Å². The molecule has 0 bridgehead atoms. The Morgan fingerprint density at radius 3 is 2.87 bits per heavy atom. The van der Waals surface area contributed by atoms with Crippen LogP contribution in [0.15, 0.2) is 54.9 Å². The fourth-order valence-corrected chi connectivity index (χ4v) is 3.03. The summed E-state index contributed by atoms with van der Waals surface area (Å²) < 4.78 is 0. The van der Waals surface area contributed by atoms with E-state index in [2.05, 4.69) is 22.4 Å². The minimum absolute atomic E-state index is 0.274. The van der Waals surface area contributed by atoms with Gasteiger partial charge in [-0.3, -0.25) is 9.78 Å². The molecule has 2 aromatic rings. The summed E-state index contributed by atoms with van der Waals surface area (Å²) in [5, 5.41) is 3.45.